The van der Waals surface area contributed by atoms with Crippen molar-refractivity contribution in [1.29, 1.82) is 0 Å². The molecule has 108 valence electrons. The quantitative estimate of drug-likeness (QED) is 0.910. The van der Waals surface area contributed by atoms with E-state index in [-0.39, 0.29) is 10.4 Å². The Morgan fingerprint density at radius 3 is 2.40 bits per heavy atom. The molecule has 2 N–H and O–H groups in total. The topological polar surface area (TPSA) is 53.6 Å². The van der Waals surface area contributed by atoms with Crippen molar-refractivity contribution in [1.82, 2.24) is 20.5 Å². The van der Waals surface area contributed by atoms with Crippen LogP contribution in [0.3, 0.4) is 0 Å². The first-order chi connectivity index (χ1) is 9.35. The first-order valence-electron chi connectivity index (χ1n) is 6.11. The fourth-order valence-corrected chi connectivity index (χ4v) is 2.22. The number of aromatic nitrogens is 3. The number of halogens is 2. The van der Waals surface area contributed by atoms with Gasteiger partial charge in [0, 0.05) is 12.1 Å². The third-order valence-corrected chi connectivity index (χ3v) is 3.46. The molecule has 0 aliphatic rings. The predicted molar refractivity (Wildman–Crippen MR) is 73.5 cm³/mol. The van der Waals surface area contributed by atoms with E-state index in [9.17, 15) is 8.78 Å². The van der Waals surface area contributed by atoms with Gasteiger partial charge in [0.05, 0.1) is 4.90 Å². The maximum atomic E-state index is 14.0. The highest BCUT2D eigenvalue weighted by Gasteiger charge is 2.15. The van der Waals surface area contributed by atoms with E-state index in [1.165, 1.54) is 18.5 Å². The van der Waals surface area contributed by atoms with Crippen molar-refractivity contribution < 1.29 is 8.78 Å². The molecule has 2 rings (SSSR count). The molecule has 0 fully saturated rings. The zero-order chi connectivity index (χ0) is 14.8. The van der Waals surface area contributed by atoms with Gasteiger partial charge in [0.1, 0.15) is 18.0 Å². The number of hydrogen-bond acceptors (Lipinski definition) is 4. The Kier molecular flexibility index (Phi) is 4.39. The van der Waals surface area contributed by atoms with Crippen molar-refractivity contribution in [3.05, 3.63) is 35.7 Å². The first kappa shape index (κ1) is 14.9. The van der Waals surface area contributed by atoms with Crippen LogP contribution in [0.5, 0.6) is 0 Å². The van der Waals surface area contributed by atoms with E-state index in [1.54, 1.807) is 0 Å². The molecule has 4 nitrogen and oxygen atoms in total. The van der Waals surface area contributed by atoms with Gasteiger partial charge in [-0.1, -0.05) is 0 Å². The van der Waals surface area contributed by atoms with Crippen LogP contribution in [0, 0.1) is 11.6 Å². The van der Waals surface area contributed by atoms with Crippen molar-refractivity contribution in [2.75, 3.05) is 0 Å². The Morgan fingerprint density at radius 2 is 1.90 bits per heavy atom. The molecule has 0 aliphatic carbocycles. The summed E-state index contributed by atoms with van der Waals surface area (Å²) in [5, 5.41) is 9.74. The van der Waals surface area contributed by atoms with Crippen LogP contribution < -0.4 is 5.32 Å². The van der Waals surface area contributed by atoms with Gasteiger partial charge in [-0.05, 0) is 50.2 Å². The molecule has 1 aromatic carbocycles. The monoisotopic (exact) mass is 298 g/mol. The molecule has 7 heteroatoms. The molecule has 1 heterocycles. The molecule has 0 amide bonds. The van der Waals surface area contributed by atoms with E-state index in [2.05, 4.69) is 20.5 Å². The van der Waals surface area contributed by atoms with Gasteiger partial charge in [-0.25, -0.2) is 13.8 Å². The van der Waals surface area contributed by atoms with E-state index < -0.39 is 11.6 Å². The Labute approximate surface area is 120 Å². The van der Waals surface area contributed by atoms with E-state index in [0.717, 1.165) is 11.8 Å². The molecule has 1 aromatic heterocycles. The minimum Gasteiger partial charge on any atom is -0.308 e. The average molecular weight is 298 g/mol. The van der Waals surface area contributed by atoms with Crippen molar-refractivity contribution in [2.24, 2.45) is 0 Å². The minimum atomic E-state index is -0.600. The van der Waals surface area contributed by atoms with Gasteiger partial charge in [-0.2, -0.15) is 5.10 Å². The van der Waals surface area contributed by atoms with Gasteiger partial charge < -0.3 is 5.32 Å². The van der Waals surface area contributed by atoms with Gasteiger partial charge in [-0.3, -0.25) is 5.10 Å². The summed E-state index contributed by atoms with van der Waals surface area (Å²) in [6.45, 7) is 6.39. The molecular formula is C13H16F2N4S. The maximum Gasteiger partial charge on any atom is 0.188 e. The molecule has 0 saturated carbocycles. The average Bonchev–Trinajstić information content (AvgIpc) is 2.83. The highest BCUT2D eigenvalue weighted by molar-refractivity contribution is 7.99. The lowest BCUT2D eigenvalue weighted by molar-refractivity contribution is 0.422. The molecule has 0 radical (unpaired) electrons. The normalized spacial score (nSPS) is 11.8. The lowest BCUT2D eigenvalue weighted by Crippen LogP contribution is -2.35. The van der Waals surface area contributed by atoms with E-state index in [0.29, 0.717) is 17.3 Å². The summed E-state index contributed by atoms with van der Waals surface area (Å²) in [6.07, 6.45) is 1.29. The van der Waals surface area contributed by atoms with Crippen molar-refractivity contribution in [2.45, 2.75) is 42.9 Å². The second kappa shape index (κ2) is 5.88. The summed E-state index contributed by atoms with van der Waals surface area (Å²) in [4.78, 5) is 3.75. The standard InChI is InChI=1S/C13H16F2N4S/c1-13(2,3)17-6-8-4-9(14)11(10(15)5-8)20-12-16-7-18-19-12/h4-5,7,17H,6H2,1-3H3,(H,16,18,19). The van der Waals surface area contributed by atoms with Crippen molar-refractivity contribution in [3.8, 4) is 0 Å². The van der Waals surface area contributed by atoms with Crippen LogP contribution in [0.15, 0.2) is 28.5 Å². The fourth-order valence-electron chi connectivity index (χ4n) is 1.52. The lowest BCUT2D eigenvalue weighted by Gasteiger charge is -2.20. The van der Waals surface area contributed by atoms with Crippen molar-refractivity contribution in [3.63, 3.8) is 0 Å². The highest BCUT2D eigenvalue weighted by atomic mass is 32.2. The summed E-state index contributed by atoms with van der Waals surface area (Å²) >= 11 is 0.880. The predicted octanol–water partition coefficient (Wildman–Crippen LogP) is 3.12. The summed E-state index contributed by atoms with van der Waals surface area (Å²) in [5.74, 6) is -1.20. The first-order valence-corrected chi connectivity index (χ1v) is 6.93. The number of hydrogen-bond donors (Lipinski definition) is 2. The Morgan fingerprint density at radius 1 is 1.25 bits per heavy atom. The fraction of sp³-hybridized carbons (Fsp3) is 0.385. The smallest absolute Gasteiger partial charge is 0.188 e. The molecule has 0 saturated heterocycles. The lowest BCUT2D eigenvalue weighted by atomic mass is 10.1. The summed E-state index contributed by atoms with van der Waals surface area (Å²) in [5.41, 5.74) is 0.456. The van der Waals surface area contributed by atoms with Gasteiger partial charge in [0.15, 0.2) is 5.16 Å². The third-order valence-electron chi connectivity index (χ3n) is 2.47. The second-order valence-corrected chi connectivity index (χ2v) is 6.38. The number of nitrogens with one attached hydrogen (secondary N) is 2. The summed E-state index contributed by atoms with van der Waals surface area (Å²) in [6, 6.07) is 2.67. The van der Waals surface area contributed by atoms with Gasteiger partial charge in [-0.15, -0.1) is 0 Å². The number of nitrogens with zero attached hydrogens (tertiary/aromatic N) is 2. The third kappa shape index (κ3) is 4.01. The summed E-state index contributed by atoms with van der Waals surface area (Å²) < 4.78 is 27.9. The molecule has 0 bridgehead atoms. The Bertz CT molecular complexity index is 556. The molecule has 0 spiro atoms. The molecular weight excluding hydrogens is 282 g/mol. The minimum absolute atomic E-state index is 0.0822. The van der Waals surface area contributed by atoms with Gasteiger partial charge in [0.2, 0.25) is 0 Å². The second-order valence-electron chi connectivity index (χ2n) is 5.38. The van der Waals surface area contributed by atoms with E-state index >= 15 is 0 Å². The Balaban J connectivity index is 2.16. The van der Waals surface area contributed by atoms with Crippen LogP contribution in [-0.4, -0.2) is 20.7 Å². The van der Waals surface area contributed by atoms with E-state index in [1.807, 2.05) is 20.8 Å². The van der Waals surface area contributed by atoms with E-state index in [4.69, 9.17) is 0 Å². The number of benzene rings is 1. The molecule has 20 heavy (non-hydrogen) atoms. The summed E-state index contributed by atoms with van der Waals surface area (Å²) in [7, 11) is 0. The highest BCUT2D eigenvalue weighted by Crippen LogP contribution is 2.30. The number of aromatic amines is 1. The van der Waals surface area contributed by atoms with Gasteiger partial charge >= 0.3 is 0 Å². The molecule has 0 aliphatic heterocycles. The zero-order valence-electron chi connectivity index (χ0n) is 11.5. The van der Waals surface area contributed by atoms with Gasteiger partial charge in [0.25, 0.3) is 0 Å². The number of H-pyrrole nitrogens is 1. The van der Waals surface area contributed by atoms with Crippen molar-refractivity contribution >= 4 is 11.8 Å². The number of rotatable bonds is 4. The van der Waals surface area contributed by atoms with Crippen LogP contribution in [0.2, 0.25) is 0 Å². The van der Waals surface area contributed by atoms with Crippen LogP contribution in [-0.2, 0) is 6.54 Å². The van der Waals surface area contributed by atoms with Crippen LogP contribution >= 0.6 is 11.8 Å². The SMILES string of the molecule is CC(C)(C)NCc1cc(F)c(Sc2ncn[nH]2)c(F)c1. The van der Waals surface area contributed by atoms with Crippen LogP contribution in [0.1, 0.15) is 26.3 Å². The van der Waals surface area contributed by atoms with Crippen LogP contribution in [0.25, 0.3) is 0 Å². The van der Waals surface area contributed by atoms with Crippen LogP contribution in [0.4, 0.5) is 8.78 Å². The maximum absolute atomic E-state index is 14.0. The largest absolute Gasteiger partial charge is 0.308 e. The molecule has 2 aromatic rings. The zero-order valence-corrected chi connectivity index (χ0v) is 12.3. The molecule has 0 unspecified atom stereocenters. The molecule has 0 atom stereocenters. The Hall–Kier alpha value is -1.47.